The minimum Gasteiger partial charge on any atom is -0.330 e. The molecule has 0 bridgehead atoms. The van der Waals surface area contributed by atoms with Gasteiger partial charge < -0.3 is 5.73 Å². The molecule has 82 valence electrons. The summed E-state index contributed by atoms with van der Waals surface area (Å²) in [7, 11) is 0. The first kappa shape index (κ1) is 11.7. The highest BCUT2D eigenvalue weighted by atomic mass is 19.4. The molecule has 0 fully saturated rings. The van der Waals surface area contributed by atoms with Crippen molar-refractivity contribution in [3.05, 3.63) is 36.2 Å². The lowest BCUT2D eigenvalue weighted by Crippen LogP contribution is -2.07. The lowest BCUT2D eigenvalue weighted by Gasteiger charge is -2.07. The van der Waals surface area contributed by atoms with Crippen LogP contribution in [0.25, 0.3) is 5.57 Å². The molecule has 2 N–H and O–H groups in total. The largest absolute Gasteiger partial charge is 0.433 e. The smallest absolute Gasteiger partial charge is 0.330 e. The van der Waals surface area contributed by atoms with Crippen LogP contribution in [0.2, 0.25) is 0 Å². The maximum Gasteiger partial charge on any atom is 0.433 e. The summed E-state index contributed by atoms with van der Waals surface area (Å²) in [5.74, 6) is 0. The number of pyridine rings is 1. The van der Waals surface area contributed by atoms with Gasteiger partial charge in [0.2, 0.25) is 0 Å². The average molecular weight is 216 g/mol. The zero-order valence-corrected chi connectivity index (χ0v) is 8.01. The quantitative estimate of drug-likeness (QED) is 0.842. The summed E-state index contributed by atoms with van der Waals surface area (Å²) in [6, 6.07) is 2.30. The zero-order valence-electron chi connectivity index (χ0n) is 8.01. The maximum atomic E-state index is 12.2. The fourth-order valence-electron chi connectivity index (χ4n) is 1.09. The van der Waals surface area contributed by atoms with Crippen molar-refractivity contribution in [3.63, 3.8) is 0 Å². The Morgan fingerprint density at radius 1 is 1.40 bits per heavy atom. The predicted molar refractivity (Wildman–Crippen MR) is 51.9 cm³/mol. The number of halogens is 3. The van der Waals surface area contributed by atoms with Crippen molar-refractivity contribution in [1.29, 1.82) is 0 Å². The van der Waals surface area contributed by atoms with E-state index in [1.54, 1.807) is 0 Å². The fraction of sp³-hybridized carbons (Fsp3) is 0.300. The third-order valence-corrected chi connectivity index (χ3v) is 1.91. The molecule has 1 aromatic rings. The summed E-state index contributed by atoms with van der Waals surface area (Å²) in [5, 5.41) is 0. The lowest BCUT2D eigenvalue weighted by molar-refractivity contribution is -0.141. The van der Waals surface area contributed by atoms with Crippen molar-refractivity contribution in [1.82, 2.24) is 4.98 Å². The first-order chi connectivity index (χ1) is 6.95. The number of hydrogen-bond acceptors (Lipinski definition) is 2. The number of alkyl halides is 3. The van der Waals surface area contributed by atoms with Crippen molar-refractivity contribution in [3.8, 4) is 0 Å². The molecule has 0 aliphatic heterocycles. The van der Waals surface area contributed by atoms with E-state index in [4.69, 9.17) is 5.73 Å². The van der Waals surface area contributed by atoms with Crippen molar-refractivity contribution in [2.24, 2.45) is 5.73 Å². The summed E-state index contributed by atoms with van der Waals surface area (Å²) < 4.78 is 36.5. The second-order valence-corrected chi connectivity index (χ2v) is 3.07. The van der Waals surface area contributed by atoms with Crippen LogP contribution >= 0.6 is 0 Å². The molecule has 0 aliphatic carbocycles. The number of aromatic nitrogens is 1. The van der Waals surface area contributed by atoms with E-state index in [0.29, 0.717) is 24.1 Å². The highest BCUT2D eigenvalue weighted by Crippen LogP contribution is 2.28. The molecule has 0 unspecified atom stereocenters. The van der Waals surface area contributed by atoms with Crippen LogP contribution in [0.1, 0.15) is 17.7 Å². The third-order valence-electron chi connectivity index (χ3n) is 1.91. The van der Waals surface area contributed by atoms with Crippen LogP contribution < -0.4 is 5.73 Å². The SMILES string of the molecule is C=C(CCN)c1ccc(C(F)(F)F)nc1. The van der Waals surface area contributed by atoms with Crippen LogP contribution in [0, 0.1) is 0 Å². The number of rotatable bonds is 3. The van der Waals surface area contributed by atoms with E-state index in [-0.39, 0.29) is 0 Å². The van der Waals surface area contributed by atoms with Crippen molar-refractivity contribution >= 4 is 5.57 Å². The summed E-state index contributed by atoms with van der Waals surface area (Å²) in [6.07, 6.45) is -2.68. The predicted octanol–water partition coefficient (Wildman–Crippen LogP) is 2.46. The molecule has 0 saturated heterocycles. The maximum absolute atomic E-state index is 12.2. The summed E-state index contributed by atoms with van der Waals surface area (Å²) >= 11 is 0. The highest BCUT2D eigenvalue weighted by Gasteiger charge is 2.31. The van der Waals surface area contributed by atoms with Crippen LogP contribution in [0.4, 0.5) is 13.2 Å². The molecule has 15 heavy (non-hydrogen) atoms. The Hall–Kier alpha value is -1.36. The van der Waals surface area contributed by atoms with Crippen LogP contribution in [0.15, 0.2) is 24.9 Å². The first-order valence-electron chi connectivity index (χ1n) is 4.36. The Balaban J connectivity index is 2.86. The van der Waals surface area contributed by atoms with Gasteiger partial charge in [0.05, 0.1) is 0 Å². The molecule has 0 radical (unpaired) electrons. The average Bonchev–Trinajstić information content (AvgIpc) is 2.17. The molecule has 0 amide bonds. The van der Waals surface area contributed by atoms with Gasteiger partial charge in [0.15, 0.2) is 0 Å². The van der Waals surface area contributed by atoms with Crippen LogP contribution in [0.5, 0.6) is 0 Å². The molecular weight excluding hydrogens is 205 g/mol. The first-order valence-corrected chi connectivity index (χ1v) is 4.36. The third kappa shape index (κ3) is 3.06. The fourth-order valence-corrected chi connectivity index (χ4v) is 1.09. The molecule has 5 heteroatoms. The van der Waals surface area contributed by atoms with Gasteiger partial charge in [0.25, 0.3) is 0 Å². The summed E-state index contributed by atoms with van der Waals surface area (Å²) in [5.41, 5.74) is 5.69. The Kier molecular flexibility index (Phi) is 3.47. The molecule has 0 atom stereocenters. The van der Waals surface area contributed by atoms with Gasteiger partial charge in [-0.15, -0.1) is 0 Å². The van der Waals surface area contributed by atoms with Gasteiger partial charge in [-0.05, 0) is 30.2 Å². The monoisotopic (exact) mass is 216 g/mol. The second-order valence-electron chi connectivity index (χ2n) is 3.07. The number of nitrogens with two attached hydrogens (primary N) is 1. The number of nitrogens with zero attached hydrogens (tertiary/aromatic N) is 1. The van der Waals surface area contributed by atoms with Crippen molar-refractivity contribution < 1.29 is 13.2 Å². The van der Waals surface area contributed by atoms with Gasteiger partial charge in [0, 0.05) is 6.20 Å². The zero-order chi connectivity index (χ0) is 11.5. The van der Waals surface area contributed by atoms with E-state index < -0.39 is 11.9 Å². The molecular formula is C10H11F3N2. The normalized spacial score (nSPS) is 11.5. The standard InChI is InChI=1S/C10H11F3N2/c1-7(4-5-14)8-2-3-9(15-6-8)10(11,12)13/h2-3,6H,1,4-5,14H2. The van der Waals surface area contributed by atoms with Gasteiger partial charge >= 0.3 is 6.18 Å². The van der Waals surface area contributed by atoms with Gasteiger partial charge in [-0.2, -0.15) is 13.2 Å². The van der Waals surface area contributed by atoms with Crippen LogP contribution in [0.3, 0.4) is 0 Å². The minimum atomic E-state index is -4.40. The molecule has 0 saturated carbocycles. The molecule has 0 aliphatic rings. The summed E-state index contributed by atoms with van der Waals surface area (Å²) in [6.45, 7) is 4.12. The van der Waals surface area contributed by atoms with Gasteiger partial charge in [-0.25, -0.2) is 0 Å². The van der Waals surface area contributed by atoms with Gasteiger partial charge in [-0.3, -0.25) is 4.98 Å². The minimum absolute atomic E-state index is 0.417. The lowest BCUT2D eigenvalue weighted by atomic mass is 10.1. The Morgan fingerprint density at radius 3 is 2.47 bits per heavy atom. The molecule has 2 nitrogen and oxygen atoms in total. The Bertz CT molecular complexity index is 341. The van der Waals surface area contributed by atoms with E-state index in [2.05, 4.69) is 11.6 Å². The highest BCUT2D eigenvalue weighted by molar-refractivity contribution is 5.62. The number of hydrogen-bond donors (Lipinski definition) is 1. The Morgan fingerprint density at radius 2 is 2.07 bits per heavy atom. The van der Waals surface area contributed by atoms with E-state index >= 15 is 0 Å². The topological polar surface area (TPSA) is 38.9 Å². The Labute approximate surface area is 85.6 Å². The molecule has 0 spiro atoms. The van der Waals surface area contributed by atoms with Crippen molar-refractivity contribution in [2.45, 2.75) is 12.6 Å². The summed E-state index contributed by atoms with van der Waals surface area (Å²) in [4.78, 5) is 3.33. The molecule has 1 rings (SSSR count). The molecule has 1 aromatic heterocycles. The van der Waals surface area contributed by atoms with Gasteiger partial charge in [-0.1, -0.05) is 12.6 Å². The molecule has 1 heterocycles. The molecule has 0 aromatic carbocycles. The van der Waals surface area contributed by atoms with Gasteiger partial charge in [0.1, 0.15) is 5.69 Å². The second kappa shape index (κ2) is 4.44. The van der Waals surface area contributed by atoms with Crippen molar-refractivity contribution in [2.75, 3.05) is 6.54 Å². The van der Waals surface area contributed by atoms with Crippen LogP contribution in [-0.4, -0.2) is 11.5 Å². The van der Waals surface area contributed by atoms with E-state index in [1.165, 1.54) is 12.3 Å². The van der Waals surface area contributed by atoms with E-state index in [9.17, 15) is 13.2 Å². The van der Waals surface area contributed by atoms with E-state index in [1.807, 2.05) is 0 Å². The van der Waals surface area contributed by atoms with E-state index in [0.717, 1.165) is 6.07 Å². The van der Waals surface area contributed by atoms with Crippen LogP contribution in [-0.2, 0) is 6.18 Å².